The zero-order valence-electron chi connectivity index (χ0n) is 13.1. The number of benzene rings is 1. The monoisotopic (exact) mass is 276 g/mol. The van der Waals surface area contributed by atoms with Gasteiger partial charge in [-0.2, -0.15) is 0 Å². The Balaban J connectivity index is 2.44. The molecule has 20 heavy (non-hydrogen) atoms. The Bertz CT molecular complexity index is 410. The van der Waals surface area contributed by atoms with Crippen LogP contribution >= 0.6 is 0 Å². The summed E-state index contributed by atoms with van der Waals surface area (Å²) in [5.41, 5.74) is 7.87. The summed E-state index contributed by atoms with van der Waals surface area (Å²) in [5, 5.41) is 2.98. The van der Waals surface area contributed by atoms with E-state index in [1.807, 2.05) is 26.0 Å². The summed E-state index contributed by atoms with van der Waals surface area (Å²) >= 11 is 0. The highest BCUT2D eigenvalue weighted by Crippen LogP contribution is 2.18. The predicted octanol–water partition coefficient (Wildman–Crippen LogP) is 3.90. The molecule has 3 nitrogen and oxygen atoms in total. The number of carbonyl (C=O) groups excluding carboxylic acids is 1. The fraction of sp³-hybridized carbons (Fsp3) is 0.588. The van der Waals surface area contributed by atoms with Crippen molar-refractivity contribution in [2.24, 2.45) is 11.7 Å². The standard InChI is InChI=1S/C17H28N2O/c1-12(2)15-8-10-16(11-9-15)19-17(20)13(3)6-5-7-14(4)18/h8-14H,5-7,18H2,1-4H3,(H,19,20). The van der Waals surface area contributed by atoms with E-state index < -0.39 is 0 Å². The molecular formula is C17H28N2O. The molecule has 3 heteroatoms. The van der Waals surface area contributed by atoms with Gasteiger partial charge in [0.05, 0.1) is 0 Å². The number of hydrogen-bond acceptors (Lipinski definition) is 2. The summed E-state index contributed by atoms with van der Waals surface area (Å²) in [6, 6.07) is 8.31. The van der Waals surface area contributed by atoms with E-state index in [0.29, 0.717) is 5.92 Å². The van der Waals surface area contributed by atoms with Crippen molar-refractivity contribution in [1.29, 1.82) is 0 Å². The van der Waals surface area contributed by atoms with Crippen LogP contribution in [0, 0.1) is 5.92 Å². The lowest BCUT2D eigenvalue weighted by molar-refractivity contribution is -0.119. The van der Waals surface area contributed by atoms with Crippen LogP contribution in [0.3, 0.4) is 0 Å². The van der Waals surface area contributed by atoms with Gasteiger partial charge in [0.25, 0.3) is 0 Å². The van der Waals surface area contributed by atoms with Gasteiger partial charge >= 0.3 is 0 Å². The molecule has 2 atom stereocenters. The third-order valence-electron chi connectivity index (χ3n) is 3.59. The third kappa shape index (κ3) is 5.74. The largest absolute Gasteiger partial charge is 0.328 e. The second-order valence-corrected chi connectivity index (χ2v) is 6.08. The van der Waals surface area contributed by atoms with Gasteiger partial charge in [0.1, 0.15) is 0 Å². The highest BCUT2D eigenvalue weighted by atomic mass is 16.1. The van der Waals surface area contributed by atoms with Gasteiger partial charge in [-0.25, -0.2) is 0 Å². The van der Waals surface area contributed by atoms with Crippen LogP contribution in [0.15, 0.2) is 24.3 Å². The molecule has 0 heterocycles. The van der Waals surface area contributed by atoms with Gasteiger partial charge < -0.3 is 11.1 Å². The zero-order chi connectivity index (χ0) is 15.1. The molecule has 0 aliphatic rings. The van der Waals surface area contributed by atoms with Gasteiger partial charge in [-0.05, 0) is 43.4 Å². The maximum Gasteiger partial charge on any atom is 0.227 e. The van der Waals surface area contributed by atoms with Crippen molar-refractivity contribution < 1.29 is 4.79 Å². The van der Waals surface area contributed by atoms with E-state index >= 15 is 0 Å². The molecule has 1 rings (SSSR count). The molecule has 0 radical (unpaired) electrons. The van der Waals surface area contributed by atoms with E-state index in [-0.39, 0.29) is 17.9 Å². The van der Waals surface area contributed by atoms with E-state index in [0.717, 1.165) is 24.9 Å². The summed E-state index contributed by atoms with van der Waals surface area (Å²) < 4.78 is 0. The number of nitrogens with two attached hydrogens (primary N) is 1. The van der Waals surface area contributed by atoms with Crippen LogP contribution in [0.5, 0.6) is 0 Å². The summed E-state index contributed by atoms with van der Waals surface area (Å²) in [7, 11) is 0. The van der Waals surface area contributed by atoms with Crippen molar-refractivity contribution in [2.45, 2.75) is 58.9 Å². The minimum absolute atomic E-state index is 0.0264. The first-order valence-electron chi connectivity index (χ1n) is 7.56. The fourth-order valence-electron chi connectivity index (χ4n) is 2.09. The molecule has 0 aliphatic heterocycles. The summed E-state index contributed by atoms with van der Waals surface area (Å²) in [6.45, 7) is 8.29. The first-order valence-corrected chi connectivity index (χ1v) is 7.56. The maximum atomic E-state index is 12.1. The molecule has 0 spiro atoms. The van der Waals surface area contributed by atoms with Crippen molar-refractivity contribution in [1.82, 2.24) is 0 Å². The highest BCUT2D eigenvalue weighted by molar-refractivity contribution is 5.92. The topological polar surface area (TPSA) is 55.1 Å². The van der Waals surface area contributed by atoms with Crippen LogP contribution in [0.25, 0.3) is 0 Å². The number of anilines is 1. The average Bonchev–Trinajstić information content (AvgIpc) is 2.38. The summed E-state index contributed by atoms with van der Waals surface area (Å²) in [5.74, 6) is 0.627. The Hall–Kier alpha value is -1.35. The lowest BCUT2D eigenvalue weighted by atomic mass is 10.0. The predicted molar refractivity (Wildman–Crippen MR) is 85.8 cm³/mol. The minimum atomic E-state index is 0.0264. The van der Waals surface area contributed by atoms with E-state index in [1.165, 1.54) is 5.56 Å². The van der Waals surface area contributed by atoms with Crippen molar-refractivity contribution >= 4 is 11.6 Å². The molecule has 1 aromatic rings. The van der Waals surface area contributed by atoms with Gasteiger partial charge in [-0.15, -0.1) is 0 Å². The van der Waals surface area contributed by atoms with Crippen LogP contribution in [0.4, 0.5) is 5.69 Å². The van der Waals surface area contributed by atoms with Gasteiger partial charge in [-0.1, -0.05) is 39.3 Å². The zero-order valence-corrected chi connectivity index (χ0v) is 13.1. The Labute approximate surface area is 122 Å². The SMILES string of the molecule is CC(N)CCCC(C)C(=O)Nc1ccc(C(C)C)cc1. The molecule has 0 aromatic heterocycles. The lowest BCUT2D eigenvalue weighted by Gasteiger charge is -2.13. The normalized spacial score (nSPS) is 14.1. The van der Waals surface area contributed by atoms with Crippen LogP contribution in [-0.2, 0) is 4.79 Å². The third-order valence-corrected chi connectivity index (χ3v) is 3.59. The molecule has 3 N–H and O–H groups in total. The van der Waals surface area contributed by atoms with Crippen molar-refractivity contribution in [2.75, 3.05) is 5.32 Å². The van der Waals surface area contributed by atoms with Gasteiger partial charge in [0.15, 0.2) is 0 Å². The van der Waals surface area contributed by atoms with Gasteiger partial charge in [0, 0.05) is 17.6 Å². The molecule has 1 amide bonds. The van der Waals surface area contributed by atoms with E-state index in [2.05, 4.69) is 31.3 Å². The lowest BCUT2D eigenvalue weighted by Crippen LogP contribution is -2.21. The summed E-state index contributed by atoms with van der Waals surface area (Å²) in [4.78, 5) is 12.1. The molecule has 0 saturated carbocycles. The molecule has 0 aliphatic carbocycles. The molecule has 0 saturated heterocycles. The van der Waals surface area contributed by atoms with Gasteiger partial charge in [0.2, 0.25) is 5.91 Å². The number of amides is 1. The van der Waals surface area contributed by atoms with Crippen LogP contribution in [-0.4, -0.2) is 11.9 Å². The second kappa shape index (κ2) is 8.05. The molecular weight excluding hydrogens is 248 g/mol. The Morgan fingerprint density at radius 1 is 1.10 bits per heavy atom. The van der Waals surface area contributed by atoms with Crippen molar-refractivity contribution in [3.63, 3.8) is 0 Å². The molecule has 0 bridgehead atoms. The van der Waals surface area contributed by atoms with Gasteiger partial charge in [-0.3, -0.25) is 4.79 Å². The number of hydrogen-bond donors (Lipinski definition) is 2. The van der Waals surface area contributed by atoms with E-state index in [1.54, 1.807) is 0 Å². The Kier molecular flexibility index (Phi) is 6.73. The molecule has 1 aromatic carbocycles. The van der Waals surface area contributed by atoms with Crippen molar-refractivity contribution in [3.8, 4) is 0 Å². The number of nitrogens with one attached hydrogen (secondary N) is 1. The first-order chi connectivity index (χ1) is 9.40. The van der Waals surface area contributed by atoms with E-state index in [9.17, 15) is 4.79 Å². The van der Waals surface area contributed by atoms with Crippen molar-refractivity contribution in [3.05, 3.63) is 29.8 Å². The molecule has 112 valence electrons. The average molecular weight is 276 g/mol. The molecule has 2 unspecified atom stereocenters. The Morgan fingerprint density at radius 2 is 1.70 bits per heavy atom. The summed E-state index contributed by atoms with van der Waals surface area (Å²) in [6.07, 6.45) is 2.86. The van der Waals surface area contributed by atoms with Crippen LogP contribution in [0.2, 0.25) is 0 Å². The Morgan fingerprint density at radius 3 is 2.20 bits per heavy atom. The second-order valence-electron chi connectivity index (χ2n) is 6.08. The maximum absolute atomic E-state index is 12.1. The van der Waals surface area contributed by atoms with E-state index in [4.69, 9.17) is 5.73 Å². The fourth-order valence-corrected chi connectivity index (χ4v) is 2.09. The van der Waals surface area contributed by atoms with Crippen LogP contribution in [0.1, 0.15) is 58.4 Å². The van der Waals surface area contributed by atoms with Crippen LogP contribution < -0.4 is 11.1 Å². The number of carbonyl (C=O) groups is 1. The molecule has 0 fully saturated rings. The quantitative estimate of drug-likeness (QED) is 0.793. The first kappa shape index (κ1) is 16.7. The highest BCUT2D eigenvalue weighted by Gasteiger charge is 2.13. The minimum Gasteiger partial charge on any atom is -0.328 e. The number of rotatable bonds is 7. The smallest absolute Gasteiger partial charge is 0.227 e.